The smallest absolute Gasteiger partial charge is 0.316 e. The maximum absolute atomic E-state index is 12.5. The number of hydrogen-bond acceptors (Lipinski definition) is 8. The van der Waals surface area contributed by atoms with Crippen LogP contribution >= 0.6 is 11.8 Å². The van der Waals surface area contributed by atoms with Crippen LogP contribution in [-0.2, 0) is 24.8 Å². The van der Waals surface area contributed by atoms with Crippen LogP contribution in [0, 0.1) is 0 Å². The molecule has 2 aromatic rings. The van der Waals surface area contributed by atoms with E-state index in [-0.39, 0.29) is 12.4 Å². The van der Waals surface area contributed by atoms with Crippen molar-refractivity contribution in [2.24, 2.45) is 0 Å². The van der Waals surface area contributed by atoms with Crippen molar-refractivity contribution in [3.05, 3.63) is 48.0 Å². The quantitative estimate of drug-likeness (QED) is 0.452. The number of rotatable bonds is 12. The monoisotopic (exact) mass is 488 g/mol. The minimum Gasteiger partial charge on any atom is -0.492 e. The number of thioether (sulfide) groups is 1. The number of morpholine rings is 1. The van der Waals surface area contributed by atoms with Crippen LogP contribution in [0.25, 0.3) is 0 Å². The van der Waals surface area contributed by atoms with Gasteiger partial charge in [-0.25, -0.2) is 0 Å². The molecule has 0 bridgehead atoms. The van der Waals surface area contributed by atoms with Crippen LogP contribution in [0.15, 0.2) is 42.5 Å². The first-order valence-corrected chi connectivity index (χ1v) is 12.6. The summed E-state index contributed by atoms with van der Waals surface area (Å²) in [7, 11) is 0. The van der Waals surface area contributed by atoms with Crippen molar-refractivity contribution in [2.75, 3.05) is 62.1 Å². The van der Waals surface area contributed by atoms with Gasteiger partial charge in [0.25, 0.3) is 5.91 Å². The fraction of sp³-hybridized carbons (Fsp3) is 0.440. The first-order valence-electron chi connectivity index (χ1n) is 11.4. The fourth-order valence-corrected chi connectivity index (χ4v) is 4.22. The molecule has 34 heavy (non-hydrogen) atoms. The molecule has 1 saturated heterocycles. The third-order valence-electron chi connectivity index (χ3n) is 4.98. The minimum atomic E-state index is -0.441. The first-order chi connectivity index (χ1) is 16.6. The lowest BCUT2D eigenvalue weighted by Crippen LogP contribution is -2.36. The zero-order valence-corrected chi connectivity index (χ0v) is 20.5. The molecule has 2 aromatic carbocycles. The van der Waals surface area contributed by atoms with Gasteiger partial charge in [-0.05, 0) is 19.4 Å². The number of carbonyl (C=O) groups excluding carboxylic acids is 2. The molecule has 8 nitrogen and oxygen atoms in total. The van der Waals surface area contributed by atoms with Gasteiger partial charge in [0, 0.05) is 31.0 Å². The first kappa shape index (κ1) is 25.7. The Bertz CT molecular complexity index is 935. The number of nitrogens with zero attached hydrogens (tertiary/aromatic N) is 1. The summed E-state index contributed by atoms with van der Waals surface area (Å²) in [6.07, 6.45) is 0. The highest BCUT2D eigenvalue weighted by Gasteiger charge is 2.20. The molecule has 0 radical (unpaired) electrons. The van der Waals surface area contributed by atoms with Gasteiger partial charge in [0.05, 0.1) is 43.6 Å². The number of ether oxygens (including phenoxy) is 4. The number of amides is 1. The van der Waals surface area contributed by atoms with Crippen molar-refractivity contribution in [3.63, 3.8) is 0 Å². The average molecular weight is 489 g/mol. The van der Waals surface area contributed by atoms with E-state index in [1.165, 1.54) is 11.8 Å². The molecule has 1 fully saturated rings. The summed E-state index contributed by atoms with van der Waals surface area (Å²) in [6, 6.07) is 13.5. The molecule has 0 atom stereocenters. The van der Waals surface area contributed by atoms with E-state index in [1.54, 1.807) is 6.07 Å². The Morgan fingerprint density at radius 2 is 1.74 bits per heavy atom. The van der Waals surface area contributed by atoms with Crippen LogP contribution in [0.5, 0.6) is 11.5 Å². The number of hydrogen-bond donors (Lipinski definition) is 1. The minimum absolute atomic E-state index is 0.176. The zero-order valence-electron chi connectivity index (χ0n) is 19.7. The molecule has 0 aliphatic carbocycles. The lowest BCUT2D eigenvalue weighted by atomic mass is 10.2. The van der Waals surface area contributed by atoms with Crippen LogP contribution in [0.3, 0.4) is 0 Å². The highest BCUT2D eigenvalue weighted by atomic mass is 32.2. The third kappa shape index (κ3) is 7.85. The van der Waals surface area contributed by atoms with Crippen molar-refractivity contribution in [2.45, 2.75) is 19.6 Å². The second-order valence-corrected chi connectivity index (χ2v) is 8.45. The van der Waals surface area contributed by atoms with Gasteiger partial charge >= 0.3 is 5.97 Å². The van der Waals surface area contributed by atoms with Crippen LogP contribution < -0.4 is 19.7 Å². The number of esters is 1. The maximum atomic E-state index is 12.5. The molecule has 1 aliphatic heterocycles. The highest BCUT2D eigenvalue weighted by molar-refractivity contribution is 7.99. The van der Waals surface area contributed by atoms with Gasteiger partial charge in [0.2, 0.25) is 0 Å². The van der Waals surface area contributed by atoms with Gasteiger partial charge in [-0.15, -0.1) is 11.8 Å². The largest absolute Gasteiger partial charge is 0.492 e. The molecule has 1 aliphatic rings. The standard InChI is InChI=1S/C25H32N2O6S/c1-3-31-22-15-21(27-10-12-30-13-11-27)23(32-4-2)14-20(22)26-24(28)16-33-25(29)18-34-17-19-8-6-5-7-9-19/h5-9,14-15H,3-4,10-13,16-18H2,1-2H3,(H,26,28). The topological polar surface area (TPSA) is 86.3 Å². The van der Waals surface area contributed by atoms with Crippen LogP contribution in [0.4, 0.5) is 11.4 Å². The van der Waals surface area contributed by atoms with Crippen LogP contribution in [-0.4, -0.2) is 63.8 Å². The summed E-state index contributed by atoms with van der Waals surface area (Å²) in [5.74, 6) is 1.19. The number of carbonyl (C=O) groups is 2. The normalized spacial score (nSPS) is 13.3. The van der Waals surface area contributed by atoms with Gasteiger partial charge in [-0.3, -0.25) is 9.59 Å². The Morgan fingerprint density at radius 3 is 2.44 bits per heavy atom. The molecule has 0 spiro atoms. The molecule has 1 heterocycles. The Labute approximate surface area is 204 Å². The third-order valence-corrected chi connectivity index (χ3v) is 5.96. The summed E-state index contributed by atoms with van der Waals surface area (Å²) in [5.41, 5.74) is 2.50. The molecule has 0 aromatic heterocycles. The SMILES string of the molecule is CCOc1cc(N2CCOCC2)c(OCC)cc1NC(=O)COC(=O)CSCc1ccccc1. The molecular weight excluding hydrogens is 456 g/mol. The molecule has 1 amide bonds. The number of benzene rings is 2. The van der Waals surface area contributed by atoms with Crippen LogP contribution in [0.1, 0.15) is 19.4 Å². The molecular formula is C25H32N2O6S. The zero-order chi connectivity index (χ0) is 24.2. The number of anilines is 2. The van der Waals surface area contributed by atoms with E-state index in [1.807, 2.05) is 50.2 Å². The Morgan fingerprint density at radius 1 is 1.03 bits per heavy atom. The second kappa shape index (κ2) is 13.7. The van der Waals surface area contributed by atoms with Crippen molar-refractivity contribution < 1.29 is 28.5 Å². The lowest BCUT2D eigenvalue weighted by Gasteiger charge is -2.31. The predicted octanol–water partition coefficient (Wildman–Crippen LogP) is 3.74. The van der Waals surface area contributed by atoms with Gasteiger partial charge in [0.1, 0.15) is 11.5 Å². The predicted molar refractivity (Wildman–Crippen MR) is 134 cm³/mol. The molecule has 1 N–H and O–H groups in total. The lowest BCUT2D eigenvalue weighted by molar-refractivity contribution is -0.144. The molecule has 184 valence electrons. The summed E-state index contributed by atoms with van der Waals surface area (Å²) < 4.78 is 22.2. The van der Waals surface area contributed by atoms with E-state index in [0.29, 0.717) is 49.4 Å². The van der Waals surface area contributed by atoms with E-state index >= 15 is 0 Å². The molecule has 0 saturated carbocycles. The Kier molecular flexibility index (Phi) is 10.4. The highest BCUT2D eigenvalue weighted by Crippen LogP contribution is 2.39. The van der Waals surface area contributed by atoms with E-state index in [4.69, 9.17) is 18.9 Å². The average Bonchev–Trinajstić information content (AvgIpc) is 2.86. The van der Waals surface area contributed by atoms with Gasteiger partial charge < -0.3 is 29.2 Å². The van der Waals surface area contributed by atoms with E-state index in [2.05, 4.69) is 10.2 Å². The van der Waals surface area contributed by atoms with E-state index in [0.717, 1.165) is 24.3 Å². The van der Waals surface area contributed by atoms with Crippen molar-refractivity contribution >= 4 is 35.0 Å². The van der Waals surface area contributed by atoms with Crippen molar-refractivity contribution in [3.8, 4) is 11.5 Å². The van der Waals surface area contributed by atoms with Gasteiger partial charge in [0.15, 0.2) is 6.61 Å². The van der Waals surface area contributed by atoms with Gasteiger partial charge in [-0.2, -0.15) is 0 Å². The summed E-state index contributed by atoms with van der Waals surface area (Å²) in [5, 5.41) is 2.79. The molecule has 9 heteroatoms. The number of nitrogens with one attached hydrogen (secondary N) is 1. The van der Waals surface area contributed by atoms with E-state index < -0.39 is 11.9 Å². The Hall–Kier alpha value is -2.91. The van der Waals surface area contributed by atoms with E-state index in [9.17, 15) is 9.59 Å². The summed E-state index contributed by atoms with van der Waals surface area (Å²) in [4.78, 5) is 26.7. The summed E-state index contributed by atoms with van der Waals surface area (Å²) in [6.45, 7) is 7.12. The van der Waals surface area contributed by atoms with Gasteiger partial charge in [-0.1, -0.05) is 30.3 Å². The fourth-order valence-electron chi connectivity index (χ4n) is 3.44. The van der Waals surface area contributed by atoms with Crippen LogP contribution in [0.2, 0.25) is 0 Å². The Balaban J connectivity index is 1.58. The van der Waals surface area contributed by atoms with Crippen molar-refractivity contribution in [1.29, 1.82) is 0 Å². The molecule has 3 rings (SSSR count). The maximum Gasteiger partial charge on any atom is 0.316 e. The summed E-state index contributed by atoms with van der Waals surface area (Å²) >= 11 is 1.45. The molecule has 0 unspecified atom stereocenters. The van der Waals surface area contributed by atoms with Crippen molar-refractivity contribution in [1.82, 2.24) is 0 Å². The second-order valence-electron chi connectivity index (χ2n) is 7.47.